The van der Waals surface area contributed by atoms with Crippen LogP contribution in [0.4, 0.5) is 18.9 Å². The minimum absolute atomic E-state index is 0.234. The molecule has 78 valence electrons. The summed E-state index contributed by atoms with van der Waals surface area (Å²) in [4.78, 5) is 12.1. The molecule has 1 aromatic carbocycles. The zero-order valence-electron chi connectivity index (χ0n) is 7.45. The lowest BCUT2D eigenvalue weighted by Gasteiger charge is -2.23. The molecule has 1 heterocycles. The van der Waals surface area contributed by atoms with Gasteiger partial charge in [0.25, 0.3) is 5.91 Å². The molecule has 2 nitrogen and oxygen atoms in total. The summed E-state index contributed by atoms with van der Waals surface area (Å²) in [7, 11) is 0. The first kappa shape index (κ1) is 9.76. The van der Waals surface area contributed by atoms with Crippen LogP contribution in [0, 0.1) is 0 Å². The van der Waals surface area contributed by atoms with Crippen molar-refractivity contribution >= 4 is 11.6 Å². The van der Waals surface area contributed by atoms with Gasteiger partial charge in [-0.1, -0.05) is 6.07 Å². The number of hydrogen-bond acceptors (Lipinski definition) is 1. The second kappa shape index (κ2) is 3.12. The van der Waals surface area contributed by atoms with E-state index in [0.717, 1.165) is 17.0 Å². The summed E-state index contributed by atoms with van der Waals surface area (Å²) >= 11 is 0. The fourth-order valence-electron chi connectivity index (χ4n) is 1.26. The summed E-state index contributed by atoms with van der Waals surface area (Å²) in [5.41, 5.74) is -0.523. The Kier molecular flexibility index (Phi) is 2.03. The minimum atomic E-state index is -4.38. The SMILES string of the molecule is O=C1C=CN1c1cccc(C(F)(F)F)c1. The summed E-state index contributed by atoms with van der Waals surface area (Å²) in [6.45, 7) is 0. The zero-order valence-corrected chi connectivity index (χ0v) is 7.45. The number of nitrogens with zero attached hydrogens (tertiary/aromatic N) is 1. The lowest BCUT2D eigenvalue weighted by molar-refractivity contribution is -0.137. The van der Waals surface area contributed by atoms with Gasteiger partial charge in [0, 0.05) is 18.0 Å². The van der Waals surface area contributed by atoms with Crippen LogP contribution in [0.25, 0.3) is 0 Å². The van der Waals surface area contributed by atoms with Crippen molar-refractivity contribution in [3.05, 3.63) is 42.1 Å². The van der Waals surface area contributed by atoms with Crippen LogP contribution in [0.2, 0.25) is 0 Å². The fourth-order valence-corrected chi connectivity index (χ4v) is 1.26. The highest BCUT2D eigenvalue weighted by Crippen LogP contribution is 2.32. The minimum Gasteiger partial charge on any atom is -0.284 e. The third-order valence-corrected chi connectivity index (χ3v) is 2.06. The largest absolute Gasteiger partial charge is 0.416 e. The quantitative estimate of drug-likeness (QED) is 0.702. The van der Waals surface area contributed by atoms with Gasteiger partial charge >= 0.3 is 6.18 Å². The van der Waals surface area contributed by atoms with E-state index in [-0.39, 0.29) is 11.6 Å². The topological polar surface area (TPSA) is 20.3 Å². The van der Waals surface area contributed by atoms with Crippen LogP contribution in [0.5, 0.6) is 0 Å². The van der Waals surface area contributed by atoms with Crippen molar-refractivity contribution in [2.24, 2.45) is 0 Å². The monoisotopic (exact) mass is 213 g/mol. The molecule has 2 rings (SSSR count). The van der Waals surface area contributed by atoms with Crippen LogP contribution in [0.3, 0.4) is 0 Å². The van der Waals surface area contributed by atoms with Gasteiger partial charge in [-0.05, 0) is 18.2 Å². The van der Waals surface area contributed by atoms with Crippen LogP contribution < -0.4 is 4.90 Å². The second-order valence-corrected chi connectivity index (χ2v) is 3.07. The molecule has 0 fully saturated rings. The van der Waals surface area contributed by atoms with Crippen LogP contribution in [0.1, 0.15) is 5.56 Å². The van der Waals surface area contributed by atoms with Crippen LogP contribution in [-0.2, 0) is 11.0 Å². The molecular weight excluding hydrogens is 207 g/mol. The predicted molar refractivity (Wildman–Crippen MR) is 48.1 cm³/mol. The van der Waals surface area contributed by atoms with Gasteiger partial charge in [-0.3, -0.25) is 9.69 Å². The molecule has 1 amide bonds. The van der Waals surface area contributed by atoms with E-state index in [1.54, 1.807) is 0 Å². The summed E-state index contributed by atoms with van der Waals surface area (Å²) in [5, 5.41) is 0. The third kappa shape index (κ3) is 1.72. The number of carbonyl (C=O) groups is 1. The molecule has 0 radical (unpaired) electrons. The maximum atomic E-state index is 12.3. The molecule has 0 atom stereocenters. The number of alkyl halides is 3. The number of benzene rings is 1. The molecule has 0 N–H and O–H groups in total. The molecule has 0 spiro atoms. The average molecular weight is 213 g/mol. The van der Waals surface area contributed by atoms with Gasteiger partial charge in [0.15, 0.2) is 0 Å². The highest BCUT2D eigenvalue weighted by atomic mass is 19.4. The standard InChI is InChI=1S/C10H6F3NO/c11-10(12,13)7-2-1-3-8(6-7)14-5-4-9(14)15/h1-6H. The molecule has 0 unspecified atom stereocenters. The van der Waals surface area contributed by atoms with E-state index in [9.17, 15) is 18.0 Å². The van der Waals surface area contributed by atoms with Gasteiger partial charge in [-0.25, -0.2) is 0 Å². The van der Waals surface area contributed by atoms with Crippen molar-refractivity contribution in [2.45, 2.75) is 6.18 Å². The molecular formula is C10H6F3NO. The van der Waals surface area contributed by atoms with E-state index in [4.69, 9.17) is 0 Å². The van der Waals surface area contributed by atoms with Crippen molar-refractivity contribution in [1.29, 1.82) is 0 Å². The Morgan fingerprint density at radius 1 is 1.20 bits per heavy atom. The average Bonchev–Trinajstić information content (AvgIpc) is 2.15. The number of hydrogen-bond donors (Lipinski definition) is 0. The Morgan fingerprint density at radius 3 is 2.40 bits per heavy atom. The summed E-state index contributed by atoms with van der Waals surface area (Å²) in [6.07, 6.45) is -1.66. The van der Waals surface area contributed by atoms with E-state index in [1.807, 2.05) is 0 Å². The predicted octanol–water partition coefficient (Wildman–Crippen LogP) is 2.57. The summed E-state index contributed by atoms with van der Waals surface area (Å²) in [5.74, 6) is -0.311. The van der Waals surface area contributed by atoms with Gasteiger partial charge in [0.1, 0.15) is 0 Å². The number of amides is 1. The summed E-state index contributed by atoms with van der Waals surface area (Å²) in [6, 6.07) is 4.65. The van der Waals surface area contributed by atoms with E-state index in [0.29, 0.717) is 0 Å². The van der Waals surface area contributed by atoms with Gasteiger partial charge in [0.2, 0.25) is 0 Å². The van der Waals surface area contributed by atoms with Gasteiger partial charge in [-0.15, -0.1) is 0 Å². The van der Waals surface area contributed by atoms with E-state index >= 15 is 0 Å². The lowest BCUT2D eigenvalue weighted by atomic mass is 10.1. The zero-order chi connectivity index (χ0) is 11.1. The number of halogens is 3. The Morgan fingerprint density at radius 2 is 1.93 bits per heavy atom. The Labute approximate surface area is 83.6 Å². The van der Waals surface area contributed by atoms with E-state index in [2.05, 4.69) is 0 Å². The summed E-state index contributed by atoms with van der Waals surface area (Å²) < 4.78 is 37.0. The molecule has 0 aliphatic carbocycles. The van der Waals surface area contributed by atoms with Crippen LogP contribution in [-0.4, -0.2) is 5.91 Å². The molecule has 15 heavy (non-hydrogen) atoms. The van der Waals surface area contributed by atoms with Crippen molar-refractivity contribution in [1.82, 2.24) is 0 Å². The van der Waals surface area contributed by atoms with Crippen molar-refractivity contribution in [3.63, 3.8) is 0 Å². The lowest BCUT2D eigenvalue weighted by Crippen LogP contribution is -2.30. The second-order valence-electron chi connectivity index (χ2n) is 3.07. The first-order valence-corrected chi connectivity index (χ1v) is 4.17. The normalized spacial score (nSPS) is 15.4. The van der Waals surface area contributed by atoms with Crippen molar-refractivity contribution in [2.75, 3.05) is 4.90 Å². The number of rotatable bonds is 1. The van der Waals surface area contributed by atoms with Crippen molar-refractivity contribution in [3.8, 4) is 0 Å². The van der Waals surface area contributed by atoms with E-state index < -0.39 is 11.7 Å². The maximum absolute atomic E-state index is 12.3. The molecule has 5 heteroatoms. The smallest absolute Gasteiger partial charge is 0.284 e. The molecule has 1 aliphatic rings. The van der Waals surface area contributed by atoms with Gasteiger partial charge < -0.3 is 0 Å². The Bertz CT molecular complexity index is 437. The maximum Gasteiger partial charge on any atom is 0.416 e. The molecule has 1 aromatic rings. The molecule has 0 aromatic heterocycles. The van der Waals surface area contributed by atoms with Crippen LogP contribution >= 0.6 is 0 Å². The highest BCUT2D eigenvalue weighted by Gasteiger charge is 2.31. The fraction of sp³-hybridized carbons (Fsp3) is 0.100. The third-order valence-electron chi connectivity index (χ3n) is 2.06. The van der Waals surface area contributed by atoms with Crippen LogP contribution in [0.15, 0.2) is 36.5 Å². The van der Waals surface area contributed by atoms with E-state index in [1.165, 1.54) is 24.4 Å². The Hall–Kier alpha value is -1.78. The first-order chi connectivity index (χ1) is 6.98. The number of carbonyl (C=O) groups excluding carboxylic acids is 1. The first-order valence-electron chi connectivity index (χ1n) is 4.17. The highest BCUT2D eigenvalue weighted by molar-refractivity contribution is 6.09. The Balaban J connectivity index is 2.35. The van der Waals surface area contributed by atoms with Crippen molar-refractivity contribution < 1.29 is 18.0 Å². The molecule has 0 saturated heterocycles. The van der Waals surface area contributed by atoms with Gasteiger partial charge in [0.05, 0.1) is 5.56 Å². The van der Waals surface area contributed by atoms with Gasteiger partial charge in [-0.2, -0.15) is 13.2 Å². The molecule has 0 bridgehead atoms. The number of anilines is 1. The molecule has 0 saturated carbocycles. The molecule has 1 aliphatic heterocycles.